The summed E-state index contributed by atoms with van der Waals surface area (Å²) < 4.78 is 2.62. The smallest absolute Gasteiger partial charge is 0.195 e. The van der Waals surface area contributed by atoms with E-state index < -0.39 is 0 Å². The lowest BCUT2D eigenvalue weighted by Gasteiger charge is -2.10. The Morgan fingerprint density at radius 3 is 2.88 bits per heavy atom. The van der Waals surface area contributed by atoms with Gasteiger partial charge in [-0.15, -0.1) is 0 Å². The summed E-state index contributed by atoms with van der Waals surface area (Å²) in [5.41, 5.74) is 1.01. The minimum Gasteiger partial charge on any atom is -0.508 e. The van der Waals surface area contributed by atoms with Gasteiger partial charge < -0.3 is 9.67 Å². The largest absolute Gasteiger partial charge is 0.508 e. The second-order valence-electron chi connectivity index (χ2n) is 4.26. The molecule has 90 valence electrons. The molecule has 2 N–H and O–H groups in total. The minimum atomic E-state index is 0.271. The number of phenols is 1. The monoisotopic (exact) mass is 249 g/mol. The maximum Gasteiger partial charge on any atom is 0.195 e. The van der Waals surface area contributed by atoms with E-state index in [1.807, 2.05) is 16.7 Å². The maximum absolute atomic E-state index is 9.42. The van der Waals surface area contributed by atoms with Gasteiger partial charge in [0.05, 0.1) is 0 Å². The number of aromatic nitrogens is 3. The Kier molecular flexibility index (Phi) is 3.28. The number of aromatic hydroxyl groups is 1. The van der Waals surface area contributed by atoms with Crippen molar-refractivity contribution >= 4 is 12.2 Å². The number of nitrogens with zero attached hydrogens (tertiary/aromatic N) is 2. The average Bonchev–Trinajstić information content (AvgIpc) is 2.59. The lowest BCUT2D eigenvalue weighted by molar-refractivity contribution is 0.474. The molecule has 0 saturated carbocycles. The van der Waals surface area contributed by atoms with Gasteiger partial charge in [0.1, 0.15) is 11.6 Å². The van der Waals surface area contributed by atoms with E-state index in [0.29, 0.717) is 11.2 Å². The quantitative estimate of drug-likeness (QED) is 0.822. The summed E-state index contributed by atoms with van der Waals surface area (Å²) in [7, 11) is 0. The summed E-state index contributed by atoms with van der Waals surface area (Å²) in [6.45, 7) is 4.13. The third-order valence-corrected chi connectivity index (χ3v) is 2.85. The van der Waals surface area contributed by atoms with E-state index in [2.05, 4.69) is 24.0 Å². The molecular weight excluding hydrogens is 234 g/mol. The molecular formula is C12H15N3OS. The van der Waals surface area contributed by atoms with Crippen molar-refractivity contribution in [2.24, 2.45) is 0 Å². The number of hydrogen-bond acceptors (Lipinski definition) is 3. The Bertz CT molecular complexity index is 571. The van der Waals surface area contributed by atoms with Crippen LogP contribution in [0, 0.1) is 4.77 Å². The zero-order valence-corrected chi connectivity index (χ0v) is 10.7. The molecule has 17 heavy (non-hydrogen) atoms. The Labute approximate surface area is 105 Å². The van der Waals surface area contributed by atoms with Gasteiger partial charge in [-0.1, -0.05) is 12.1 Å². The van der Waals surface area contributed by atoms with Gasteiger partial charge in [-0.3, -0.25) is 5.10 Å². The highest BCUT2D eigenvalue weighted by molar-refractivity contribution is 7.71. The van der Waals surface area contributed by atoms with Crippen molar-refractivity contribution in [3.05, 3.63) is 40.4 Å². The molecule has 0 amide bonds. The number of phenolic OH excluding ortho intramolecular Hbond substituents is 1. The van der Waals surface area contributed by atoms with Crippen LogP contribution in [0.25, 0.3) is 0 Å². The Hall–Kier alpha value is -1.62. The molecule has 0 unspecified atom stereocenters. The van der Waals surface area contributed by atoms with Gasteiger partial charge in [0.2, 0.25) is 0 Å². The van der Waals surface area contributed by atoms with Crippen LogP contribution >= 0.6 is 12.2 Å². The zero-order chi connectivity index (χ0) is 12.4. The van der Waals surface area contributed by atoms with E-state index >= 15 is 0 Å². The van der Waals surface area contributed by atoms with Gasteiger partial charge in [0.15, 0.2) is 4.77 Å². The molecule has 0 fully saturated rings. The van der Waals surface area contributed by atoms with Gasteiger partial charge >= 0.3 is 0 Å². The zero-order valence-electron chi connectivity index (χ0n) is 9.84. The average molecular weight is 249 g/mol. The molecule has 1 aromatic heterocycles. The van der Waals surface area contributed by atoms with Gasteiger partial charge in [-0.2, -0.15) is 5.10 Å². The van der Waals surface area contributed by atoms with Gasteiger partial charge in [0, 0.05) is 12.5 Å². The van der Waals surface area contributed by atoms with Crippen LogP contribution in [0.15, 0.2) is 24.3 Å². The van der Waals surface area contributed by atoms with Crippen molar-refractivity contribution in [2.75, 3.05) is 0 Å². The van der Waals surface area contributed by atoms with E-state index in [1.54, 1.807) is 12.1 Å². The van der Waals surface area contributed by atoms with Crippen LogP contribution in [0.4, 0.5) is 0 Å². The highest BCUT2D eigenvalue weighted by Gasteiger charge is 2.09. The molecule has 0 aliphatic rings. The number of nitrogens with one attached hydrogen (secondary N) is 1. The lowest BCUT2D eigenvalue weighted by atomic mass is 10.1. The fourth-order valence-electron chi connectivity index (χ4n) is 1.84. The molecule has 0 aliphatic carbocycles. The van der Waals surface area contributed by atoms with Crippen LogP contribution < -0.4 is 0 Å². The van der Waals surface area contributed by atoms with E-state index in [-0.39, 0.29) is 11.8 Å². The molecule has 1 heterocycles. The van der Waals surface area contributed by atoms with Crippen molar-refractivity contribution in [2.45, 2.75) is 26.3 Å². The molecule has 0 bridgehead atoms. The van der Waals surface area contributed by atoms with E-state index in [0.717, 1.165) is 11.4 Å². The van der Waals surface area contributed by atoms with Crippen molar-refractivity contribution in [1.29, 1.82) is 0 Å². The molecule has 2 rings (SSSR count). The van der Waals surface area contributed by atoms with Crippen molar-refractivity contribution in [3.8, 4) is 5.75 Å². The van der Waals surface area contributed by atoms with Crippen LogP contribution in [0.1, 0.15) is 31.3 Å². The molecule has 0 saturated heterocycles. The lowest BCUT2D eigenvalue weighted by Crippen LogP contribution is -2.07. The minimum absolute atomic E-state index is 0.271. The highest BCUT2D eigenvalue weighted by atomic mass is 32.1. The summed E-state index contributed by atoms with van der Waals surface area (Å²) in [5, 5.41) is 16.5. The summed E-state index contributed by atoms with van der Waals surface area (Å²) >= 11 is 5.19. The fourth-order valence-corrected chi connectivity index (χ4v) is 2.21. The number of benzene rings is 1. The van der Waals surface area contributed by atoms with E-state index in [4.69, 9.17) is 12.2 Å². The molecule has 0 atom stereocenters. The number of hydrogen-bond donors (Lipinski definition) is 2. The number of rotatable bonds is 3. The molecule has 1 aromatic carbocycles. The number of aromatic amines is 1. The summed E-state index contributed by atoms with van der Waals surface area (Å²) in [6.07, 6.45) is 0.652. The van der Waals surface area contributed by atoms with Crippen LogP contribution in [0.2, 0.25) is 0 Å². The highest BCUT2D eigenvalue weighted by Crippen LogP contribution is 2.16. The normalized spacial score (nSPS) is 11.0. The van der Waals surface area contributed by atoms with Crippen LogP contribution in [0.3, 0.4) is 0 Å². The molecule has 0 aliphatic heterocycles. The van der Waals surface area contributed by atoms with Crippen molar-refractivity contribution in [3.63, 3.8) is 0 Å². The second-order valence-corrected chi connectivity index (χ2v) is 4.64. The van der Waals surface area contributed by atoms with Crippen LogP contribution in [-0.2, 0) is 6.42 Å². The predicted molar refractivity (Wildman–Crippen MR) is 68.7 cm³/mol. The molecule has 0 spiro atoms. The molecule has 5 heteroatoms. The number of H-pyrrole nitrogens is 1. The van der Waals surface area contributed by atoms with Gasteiger partial charge in [-0.25, -0.2) is 0 Å². The van der Waals surface area contributed by atoms with E-state index in [1.165, 1.54) is 0 Å². The van der Waals surface area contributed by atoms with Crippen molar-refractivity contribution in [1.82, 2.24) is 14.8 Å². The van der Waals surface area contributed by atoms with Gasteiger partial charge in [-0.05, 0) is 43.8 Å². The van der Waals surface area contributed by atoms with E-state index in [9.17, 15) is 5.11 Å². The molecule has 2 aromatic rings. The Balaban J connectivity index is 2.34. The summed E-state index contributed by atoms with van der Waals surface area (Å²) in [5.74, 6) is 1.16. The third-order valence-electron chi connectivity index (χ3n) is 2.57. The summed E-state index contributed by atoms with van der Waals surface area (Å²) in [6, 6.07) is 7.45. The molecule has 0 radical (unpaired) electrons. The fraction of sp³-hybridized carbons (Fsp3) is 0.333. The van der Waals surface area contributed by atoms with Gasteiger partial charge in [0.25, 0.3) is 0 Å². The summed E-state index contributed by atoms with van der Waals surface area (Å²) in [4.78, 5) is 0. The first-order valence-electron chi connectivity index (χ1n) is 5.51. The first kappa shape index (κ1) is 11.9. The second kappa shape index (κ2) is 4.71. The van der Waals surface area contributed by atoms with Crippen LogP contribution in [-0.4, -0.2) is 19.9 Å². The van der Waals surface area contributed by atoms with Crippen molar-refractivity contribution < 1.29 is 5.11 Å². The Morgan fingerprint density at radius 1 is 1.47 bits per heavy atom. The van der Waals surface area contributed by atoms with Crippen LogP contribution in [0.5, 0.6) is 5.75 Å². The first-order chi connectivity index (χ1) is 8.08. The Morgan fingerprint density at radius 2 is 2.24 bits per heavy atom. The maximum atomic E-state index is 9.42. The SMILES string of the molecule is CC(C)n1c(Cc2cccc(O)c2)n[nH]c1=S. The standard InChI is InChI=1S/C12H15N3OS/c1-8(2)15-11(13-14-12(15)17)7-9-4-3-5-10(16)6-9/h3-6,8,16H,7H2,1-2H3,(H,14,17). The predicted octanol–water partition coefficient (Wildman–Crippen LogP) is 2.82. The molecule has 4 nitrogen and oxygen atoms in total. The first-order valence-corrected chi connectivity index (χ1v) is 5.92. The third kappa shape index (κ3) is 2.55. The topological polar surface area (TPSA) is 53.8 Å².